The molecule has 1 aromatic heterocycles. The lowest BCUT2D eigenvalue weighted by Crippen LogP contribution is -2.32. The predicted molar refractivity (Wildman–Crippen MR) is 60.9 cm³/mol. The van der Waals surface area contributed by atoms with E-state index in [2.05, 4.69) is 15.3 Å². The number of nitrogen functional groups attached to an aromatic ring is 1. The van der Waals surface area contributed by atoms with Crippen LogP contribution in [0.25, 0.3) is 0 Å². The summed E-state index contributed by atoms with van der Waals surface area (Å²) in [6, 6.07) is 1.59. The van der Waals surface area contributed by atoms with E-state index >= 15 is 0 Å². The zero-order valence-corrected chi connectivity index (χ0v) is 9.54. The summed E-state index contributed by atoms with van der Waals surface area (Å²) in [6.07, 6.45) is 0.606. The van der Waals surface area contributed by atoms with Gasteiger partial charge in [0.05, 0.1) is 0 Å². The van der Waals surface area contributed by atoms with Crippen molar-refractivity contribution in [2.45, 2.75) is 25.8 Å². The number of rotatable bonds is 4. The highest BCUT2D eigenvalue weighted by molar-refractivity contribution is 6.29. The van der Waals surface area contributed by atoms with E-state index in [1.807, 2.05) is 13.8 Å². The number of anilines is 2. The molecule has 0 amide bonds. The summed E-state index contributed by atoms with van der Waals surface area (Å²) < 4.78 is 0. The van der Waals surface area contributed by atoms with Crippen LogP contribution in [0.1, 0.15) is 20.3 Å². The fourth-order valence-electron chi connectivity index (χ4n) is 1.19. The Morgan fingerprint density at radius 3 is 2.73 bits per heavy atom. The van der Waals surface area contributed by atoms with Crippen molar-refractivity contribution >= 4 is 23.4 Å². The van der Waals surface area contributed by atoms with Gasteiger partial charge in [-0.25, -0.2) is 4.98 Å². The molecule has 15 heavy (non-hydrogen) atoms. The minimum atomic E-state index is -0.265. The number of hydrogen-bond donors (Lipinski definition) is 3. The van der Waals surface area contributed by atoms with Crippen molar-refractivity contribution in [2.75, 3.05) is 17.7 Å². The van der Waals surface area contributed by atoms with Gasteiger partial charge < -0.3 is 16.2 Å². The number of aromatic nitrogens is 2. The summed E-state index contributed by atoms with van der Waals surface area (Å²) >= 11 is 5.74. The molecule has 0 aliphatic rings. The molecule has 0 saturated carbocycles. The summed E-state index contributed by atoms with van der Waals surface area (Å²) in [7, 11) is 0. The van der Waals surface area contributed by atoms with Crippen LogP contribution in [0.2, 0.25) is 5.15 Å². The van der Waals surface area contributed by atoms with Crippen LogP contribution in [-0.4, -0.2) is 27.2 Å². The standard InChI is InChI=1S/C9H15ClN4O/c1-9(2,3-4-15)14-7-5-6(10)12-8(11)13-7/h5,15H,3-4H2,1-2H3,(H3,11,12,13,14). The van der Waals surface area contributed by atoms with E-state index < -0.39 is 0 Å². The first-order chi connectivity index (χ1) is 6.93. The molecule has 1 heterocycles. The first-order valence-corrected chi connectivity index (χ1v) is 5.00. The predicted octanol–water partition coefficient (Wildman–Crippen LogP) is 1.29. The highest BCUT2D eigenvalue weighted by atomic mass is 35.5. The summed E-state index contributed by atoms with van der Waals surface area (Å²) in [6.45, 7) is 4.01. The Morgan fingerprint density at radius 1 is 1.53 bits per heavy atom. The Labute approximate surface area is 93.7 Å². The monoisotopic (exact) mass is 230 g/mol. The lowest BCUT2D eigenvalue weighted by molar-refractivity contribution is 0.260. The summed E-state index contributed by atoms with van der Waals surface area (Å²) in [4.78, 5) is 7.74. The lowest BCUT2D eigenvalue weighted by Gasteiger charge is -2.25. The fourth-order valence-corrected chi connectivity index (χ4v) is 1.38. The van der Waals surface area contributed by atoms with Crippen LogP contribution in [0, 0.1) is 0 Å². The van der Waals surface area contributed by atoms with Crippen LogP contribution in [0.15, 0.2) is 6.07 Å². The number of hydrogen-bond acceptors (Lipinski definition) is 5. The van der Waals surface area contributed by atoms with E-state index in [0.29, 0.717) is 17.4 Å². The SMILES string of the molecule is CC(C)(CCO)Nc1cc(Cl)nc(N)n1. The van der Waals surface area contributed by atoms with Crippen LogP contribution >= 0.6 is 11.6 Å². The molecular formula is C9H15ClN4O. The molecule has 0 aromatic carbocycles. The number of nitrogens with one attached hydrogen (secondary N) is 1. The van der Waals surface area contributed by atoms with Crippen molar-refractivity contribution in [3.8, 4) is 0 Å². The Bertz CT molecular complexity index is 323. The maximum atomic E-state index is 8.87. The van der Waals surface area contributed by atoms with E-state index in [-0.39, 0.29) is 18.1 Å². The smallest absolute Gasteiger partial charge is 0.223 e. The zero-order valence-electron chi connectivity index (χ0n) is 8.79. The molecule has 1 rings (SSSR count). The Morgan fingerprint density at radius 2 is 2.20 bits per heavy atom. The molecule has 0 radical (unpaired) electrons. The first kappa shape index (κ1) is 12.0. The van der Waals surface area contributed by atoms with Gasteiger partial charge in [0.1, 0.15) is 11.0 Å². The van der Waals surface area contributed by atoms with Gasteiger partial charge in [-0.2, -0.15) is 4.98 Å². The van der Waals surface area contributed by atoms with Gasteiger partial charge in [-0.3, -0.25) is 0 Å². The molecule has 1 aromatic rings. The van der Waals surface area contributed by atoms with Crippen molar-refractivity contribution in [2.24, 2.45) is 0 Å². The first-order valence-electron chi connectivity index (χ1n) is 4.62. The second-order valence-electron chi connectivity index (χ2n) is 3.92. The molecular weight excluding hydrogens is 216 g/mol. The largest absolute Gasteiger partial charge is 0.396 e. The van der Waals surface area contributed by atoms with Crippen molar-refractivity contribution in [3.63, 3.8) is 0 Å². The molecule has 0 bridgehead atoms. The van der Waals surface area contributed by atoms with Gasteiger partial charge in [-0.05, 0) is 20.3 Å². The third kappa shape index (κ3) is 3.89. The average molecular weight is 231 g/mol. The van der Waals surface area contributed by atoms with E-state index in [9.17, 15) is 0 Å². The summed E-state index contributed by atoms with van der Waals surface area (Å²) in [5, 5.41) is 12.3. The van der Waals surface area contributed by atoms with Crippen LogP contribution in [0.3, 0.4) is 0 Å². The van der Waals surface area contributed by atoms with Gasteiger partial charge in [0.2, 0.25) is 5.95 Å². The number of halogens is 1. The van der Waals surface area contributed by atoms with Gasteiger partial charge in [0.15, 0.2) is 0 Å². The molecule has 0 spiro atoms. The van der Waals surface area contributed by atoms with Crippen LogP contribution in [0.4, 0.5) is 11.8 Å². The molecule has 84 valence electrons. The minimum Gasteiger partial charge on any atom is -0.396 e. The van der Waals surface area contributed by atoms with Crippen LogP contribution in [-0.2, 0) is 0 Å². The molecule has 0 atom stereocenters. The third-order valence-electron chi connectivity index (χ3n) is 1.92. The van der Waals surface area contributed by atoms with Gasteiger partial charge in [0, 0.05) is 18.2 Å². The fraction of sp³-hybridized carbons (Fsp3) is 0.556. The summed E-state index contributed by atoms with van der Waals surface area (Å²) in [5.74, 6) is 0.691. The number of aliphatic hydroxyl groups is 1. The molecule has 0 aliphatic carbocycles. The Balaban J connectivity index is 2.80. The molecule has 0 fully saturated rings. The Kier molecular flexibility index (Phi) is 3.71. The van der Waals surface area contributed by atoms with Gasteiger partial charge in [-0.15, -0.1) is 0 Å². The van der Waals surface area contributed by atoms with E-state index in [0.717, 1.165) is 0 Å². The van der Waals surface area contributed by atoms with Crippen molar-refractivity contribution < 1.29 is 5.11 Å². The molecule has 0 saturated heterocycles. The highest BCUT2D eigenvalue weighted by Crippen LogP contribution is 2.19. The topological polar surface area (TPSA) is 84.1 Å². The number of aliphatic hydroxyl groups excluding tert-OH is 1. The number of nitrogens with zero attached hydrogens (tertiary/aromatic N) is 2. The maximum absolute atomic E-state index is 8.87. The van der Waals surface area contributed by atoms with Crippen molar-refractivity contribution in [1.29, 1.82) is 0 Å². The van der Waals surface area contributed by atoms with Gasteiger partial charge in [-0.1, -0.05) is 11.6 Å². The third-order valence-corrected chi connectivity index (χ3v) is 2.11. The second-order valence-corrected chi connectivity index (χ2v) is 4.30. The minimum absolute atomic E-state index is 0.105. The van der Waals surface area contributed by atoms with E-state index in [1.54, 1.807) is 6.07 Å². The maximum Gasteiger partial charge on any atom is 0.223 e. The molecule has 5 nitrogen and oxygen atoms in total. The normalized spacial score (nSPS) is 11.5. The molecule has 4 N–H and O–H groups in total. The Hall–Kier alpha value is -1.07. The van der Waals surface area contributed by atoms with Crippen molar-refractivity contribution in [3.05, 3.63) is 11.2 Å². The van der Waals surface area contributed by atoms with E-state index in [1.165, 1.54) is 0 Å². The zero-order chi connectivity index (χ0) is 11.5. The molecule has 0 aliphatic heterocycles. The van der Waals surface area contributed by atoms with Crippen molar-refractivity contribution in [1.82, 2.24) is 9.97 Å². The summed E-state index contributed by atoms with van der Waals surface area (Å²) in [5.41, 5.74) is 5.19. The lowest BCUT2D eigenvalue weighted by atomic mass is 10.0. The second kappa shape index (κ2) is 4.63. The highest BCUT2D eigenvalue weighted by Gasteiger charge is 2.17. The van der Waals surface area contributed by atoms with Gasteiger partial charge >= 0.3 is 0 Å². The molecule has 0 unspecified atom stereocenters. The molecule has 6 heteroatoms. The van der Waals surface area contributed by atoms with Crippen LogP contribution < -0.4 is 11.1 Å². The average Bonchev–Trinajstić information content (AvgIpc) is 1.99. The quantitative estimate of drug-likeness (QED) is 0.679. The van der Waals surface area contributed by atoms with Gasteiger partial charge in [0.25, 0.3) is 0 Å². The number of nitrogens with two attached hydrogens (primary N) is 1. The van der Waals surface area contributed by atoms with Crippen LogP contribution in [0.5, 0.6) is 0 Å². The van der Waals surface area contributed by atoms with E-state index in [4.69, 9.17) is 22.4 Å².